The lowest BCUT2D eigenvalue weighted by Gasteiger charge is -2.10. The lowest BCUT2D eigenvalue weighted by molar-refractivity contribution is -0.123. The summed E-state index contributed by atoms with van der Waals surface area (Å²) in [6.07, 6.45) is 3.08. The number of ether oxygens (including phenoxy) is 1. The van der Waals surface area contributed by atoms with Gasteiger partial charge in [0.15, 0.2) is 6.61 Å². The average molecular weight is 445 g/mol. The first kappa shape index (κ1) is 22.3. The van der Waals surface area contributed by atoms with Crippen LogP contribution in [0.15, 0.2) is 47.4 Å². The highest BCUT2D eigenvalue weighted by Crippen LogP contribution is 2.25. The molecule has 0 heterocycles. The van der Waals surface area contributed by atoms with Crippen molar-refractivity contribution in [1.29, 1.82) is 0 Å². The van der Waals surface area contributed by atoms with Crippen LogP contribution in [0, 0.1) is 0 Å². The average Bonchev–Trinajstić information content (AvgIpc) is 2.62. The van der Waals surface area contributed by atoms with Gasteiger partial charge in [-0.25, -0.2) is 8.42 Å². The van der Waals surface area contributed by atoms with E-state index in [1.165, 1.54) is 42.5 Å². The first-order valence-corrected chi connectivity index (χ1v) is 11.0. The van der Waals surface area contributed by atoms with E-state index >= 15 is 0 Å². The number of halogens is 2. The molecule has 152 valence electrons. The molecule has 0 radical (unpaired) electrons. The number of hydrogen-bond acceptors (Lipinski definition) is 4. The Morgan fingerprint density at radius 3 is 2.29 bits per heavy atom. The van der Waals surface area contributed by atoms with Crippen molar-refractivity contribution in [3.05, 3.63) is 52.5 Å². The van der Waals surface area contributed by atoms with Gasteiger partial charge in [0.25, 0.3) is 15.9 Å². The van der Waals surface area contributed by atoms with Crippen molar-refractivity contribution in [2.75, 3.05) is 17.9 Å². The standard InChI is InChI=1S/C19H22Cl2N2O4S/c1-2-3-4-9-22-19(24)13-27-17-5-7-18(8-6-17)28(25,26)23-16-11-14(20)10-15(21)12-16/h5-8,10-12,23H,2-4,9,13H2,1H3,(H,22,24). The normalized spacial score (nSPS) is 11.1. The Hall–Kier alpha value is -1.96. The van der Waals surface area contributed by atoms with Crippen LogP contribution in [0.3, 0.4) is 0 Å². The highest BCUT2D eigenvalue weighted by Gasteiger charge is 2.15. The summed E-state index contributed by atoms with van der Waals surface area (Å²) in [5, 5.41) is 3.41. The van der Waals surface area contributed by atoms with E-state index in [-0.39, 0.29) is 23.1 Å². The van der Waals surface area contributed by atoms with Crippen LogP contribution in [0.1, 0.15) is 26.2 Å². The number of nitrogens with one attached hydrogen (secondary N) is 2. The Kier molecular flexibility index (Phi) is 8.41. The number of anilines is 1. The fourth-order valence-electron chi connectivity index (χ4n) is 2.34. The number of sulfonamides is 1. The molecule has 6 nitrogen and oxygen atoms in total. The summed E-state index contributed by atoms with van der Waals surface area (Å²) in [6, 6.07) is 10.2. The number of carbonyl (C=O) groups excluding carboxylic acids is 1. The van der Waals surface area contributed by atoms with Crippen LogP contribution in [0.2, 0.25) is 10.0 Å². The van der Waals surface area contributed by atoms with Gasteiger partial charge in [-0.15, -0.1) is 0 Å². The smallest absolute Gasteiger partial charge is 0.261 e. The van der Waals surface area contributed by atoms with Crippen molar-refractivity contribution in [2.45, 2.75) is 31.1 Å². The van der Waals surface area contributed by atoms with Gasteiger partial charge < -0.3 is 10.1 Å². The lowest BCUT2D eigenvalue weighted by atomic mass is 10.2. The highest BCUT2D eigenvalue weighted by molar-refractivity contribution is 7.92. The van der Waals surface area contributed by atoms with Crippen molar-refractivity contribution in [1.82, 2.24) is 5.32 Å². The number of benzene rings is 2. The maximum Gasteiger partial charge on any atom is 0.261 e. The SMILES string of the molecule is CCCCCNC(=O)COc1ccc(S(=O)(=O)Nc2cc(Cl)cc(Cl)c2)cc1. The van der Waals surface area contributed by atoms with Gasteiger partial charge in [-0.05, 0) is 48.9 Å². The molecule has 0 aliphatic carbocycles. The zero-order valence-corrected chi connectivity index (χ0v) is 17.7. The predicted octanol–water partition coefficient (Wildman–Crippen LogP) is 4.48. The molecule has 2 rings (SSSR count). The Bertz CT molecular complexity index is 882. The van der Waals surface area contributed by atoms with Gasteiger partial charge in [0.05, 0.1) is 10.6 Å². The maximum absolute atomic E-state index is 12.5. The van der Waals surface area contributed by atoms with E-state index in [2.05, 4.69) is 17.0 Å². The topological polar surface area (TPSA) is 84.5 Å². The molecular weight excluding hydrogens is 423 g/mol. The van der Waals surface area contributed by atoms with Crippen LogP contribution in [0.5, 0.6) is 5.75 Å². The maximum atomic E-state index is 12.5. The Morgan fingerprint density at radius 2 is 1.68 bits per heavy atom. The van der Waals surface area contributed by atoms with Crippen molar-refractivity contribution in [3.63, 3.8) is 0 Å². The van der Waals surface area contributed by atoms with Crippen LogP contribution in [0.4, 0.5) is 5.69 Å². The molecule has 0 aliphatic heterocycles. The summed E-state index contributed by atoms with van der Waals surface area (Å²) in [4.78, 5) is 11.7. The van der Waals surface area contributed by atoms with Gasteiger partial charge >= 0.3 is 0 Å². The van der Waals surface area contributed by atoms with Crippen molar-refractivity contribution in [3.8, 4) is 5.75 Å². The third kappa shape index (κ3) is 7.22. The van der Waals surface area contributed by atoms with Crippen LogP contribution in [-0.2, 0) is 14.8 Å². The van der Waals surface area contributed by atoms with Gasteiger partial charge in [-0.1, -0.05) is 43.0 Å². The summed E-state index contributed by atoms with van der Waals surface area (Å²) >= 11 is 11.8. The minimum absolute atomic E-state index is 0.0416. The molecule has 0 saturated heterocycles. The minimum atomic E-state index is -3.81. The number of carbonyl (C=O) groups is 1. The van der Waals surface area contributed by atoms with Gasteiger partial charge in [-0.3, -0.25) is 9.52 Å². The molecular formula is C19H22Cl2N2O4S. The first-order valence-electron chi connectivity index (χ1n) is 8.78. The quantitative estimate of drug-likeness (QED) is 0.529. The number of hydrogen-bond donors (Lipinski definition) is 2. The summed E-state index contributed by atoms with van der Waals surface area (Å²) in [7, 11) is -3.81. The van der Waals surface area contributed by atoms with E-state index in [0.29, 0.717) is 22.3 Å². The summed E-state index contributed by atoms with van der Waals surface area (Å²) in [5.74, 6) is 0.181. The van der Waals surface area contributed by atoms with E-state index in [9.17, 15) is 13.2 Å². The van der Waals surface area contributed by atoms with E-state index in [1.54, 1.807) is 0 Å². The minimum Gasteiger partial charge on any atom is -0.484 e. The zero-order chi connectivity index (χ0) is 20.6. The Balaban J connectivity index is 1.92. The zero-order valence-electron chi connectivity index (χ0n) is 15.4. The summed E-state index contributed by atoms with van der Waals surface area (Å²) in [5.41, 5.74) is 0.262. The molecule has 2 N–H and O–H groups in total. The van der Waals surface area contributed by atoms with Crippen LogP contribution in [-0.4, -0.2) is 27.5 Å². The molecule has 0 spiro atoms. The van der Waals surface area contributed by atoms with Crippen molar-refractivity contribution >= 4 is 44.8 Å². The van der Waals surface area contributed by atoms with Crippen LogP contribution < -0.4 is 14.8 Å². The van der Waals surface area contributed by atoms with E-state index in [0.717, 1.165) is 19.3 Å². The lowest BCUT2D eigenvalue weighted by Crippen LogP contribution is -2.29. The molecule has 28 heavy (non-hydrogen) atoms. The molecule has 0 saturated carbocycles. The molecule has 2 aromatic carbocycles. The van der Waals surface area contributed by atoms with E-state index in [4.69, 9.17) is 27.9 Å². The number of rotatable bonds is 10. The second kappa shape index (κ2) is 10.5. The molecule has 0 aromatic heterocycles. The third-order valence-electron chi connectivity index (χ3n) is 3.72. The third-order valence-corrected chi connectivity index (χ3v) is 5.55. The molecule has 0 aliphatic rings. The summed E-state index contributed by atoms with van der Waals surface area (Å²) < 4.78 is 32.7. The molecule has 1 amide bonds. The van der Waals surface area contributed by atoms with Gasteiger partial charge in [-0.2, -0.15) is 0 Å². The molecule has 0 atom stereocenters. The van der Waals surface area contributed by atoms with Gasteiger partial charge in [0, 0.05) is 16.6 Å². The summed E-state index contributed by atoms with van der Waals surface area (Å²) in [6.45, 7) is 2.58. The van der Waals surface area contributed by atoms with Crippen LogP contribution >= 0.6 is 23.2 Å². The fourth-order valence-corrected chi connectivity index (χ4v) is 3.91. The molecule has 0 bridgehead atoms. The Morgan fingerprint density at radius 1 is 1.04 bits per heavy atom. The van der Waals surface area contributed by atoms with Gasteiger partial charge in [0.2, 0.25) is 0 Å². The first-order chi connectivity index (χ1) is 13.3. The molecule has 0 fully saturated rings. The molecule has 2 aromatic rings. The molecule has 9 heteroatoms. The monoisotopic (exact) mass is 444 g/mol. The van der Waals surface area contributed by atoms with E-state index in [1.807, 2.05) is 0 Å². The van der Waals surface area contributed by atoms with Crippen molar-refractivity contribution < 1.29 is 17.9 Å². The van der Waals surface area contributed by atoms with E-state index < -0.39 is 10.0 Å². The largest absolute Gasteiger partial charge is 0.484 e. The molecule has 0 unspecified atom stereocenters. The fraction of sp³-hybridized carbons (Fsp3) is 0.316. The van der Waals surface area contributed by atoms with Crippen LogP contribution in [0.25, 0.3) is 0 Å². The predicted molar refractivity (Wildman–Crippen MR) is 112 cm³/mol. The Labute approximate surface area is 175 Å². The van der Waals surface area contributed by atoms with Crippen molar-refractivity contribution in [2.24, 2.45) is 0 Å². The number of amides is 1. The second-order valence-corrected chi connectivity index (χ2v) is 8.64. The number of unbranched alkanes of at least 4 members (excludes halogenated alkanes) is 2. The van der Waals surface area contributed by atoms with Gasteiger partial charge in [0.1, 0.15) is 5.75 Å². The second-order valence-electron chi connectivity index (χ2n) is 6.08. The highest BCUT2D eigenvalue weighted by atomic mass is 35.5.